The van der Waals surface area contributed by atoms with Crippen LogP contribution in [0, 0.1) is 5.92 Å². The van der Waals surface area contributed by atoms with Crippen LogP contribution in [0.25, 0.3) is 71.7 Å². The van der Waals surface area contributed by atoms with Crippen molar-refractivity contribution < 1.29 is 0 Å². The van der Waals surface area contributed by atoms with Gasteiger partial charge in [-0.25, -0.2) is 4.98 Å². The highest BCUT2D eigenvalue weighted by Crippen LogP contribution is 2.48. The van der Waals surface area contributed by atoms with Crippen molar-refractivity contribution in [1.29, 1.82) is 0 Å². The number of nitrogens with zero attached hydrogens (tertiary/aromatic N) is 3. The Hall–Kier alpha value is -4.67. The second-order valence-electron chi connectivity index (χ2n) is 10.7. The van der Waals surface area contributed by atoms with E-state index in [9.17, 15) is 0 Å². The molecule has 3 heterocycles. The molecule has 0 amide bonds. The van der Waals surface area contributed by atoms with E-state index in [0.29, 0.717) is 5.92 Å². The first-order chi connectivity index (χ1) is 19.4. The minimum absolute atomic E-state index is 0.369. The van der Waals surface area contributed by atoms with E-state index < -0.39 is 0 Å². The molecule has 0 N–H and O–H groups in total. The zero-order valence-electron chi connectivity index (χ0n) is 20.9. The van der Waals surface area contributed by atoms with Crippen LogP contribution in [0.5, 0.6) is 0 Å². The molecule has 1 atom stereocenters. The van der Waals surface area contributed by atoms with Gasteiger partial charge in [-0.2, -0.15) is 0 Å². The van der Waals surface area contributed by atoms with Crippen molar-refractivity contribution >= 4 is 61.1 Å². The third-order valence-corrected chi connectivity index (χ3v) is 9.82. The quantitative estimate of drug-likeness (QED) is 0.239. The lowest BCUT2D eigenvalue weighted by Gasteiger charge is -2.23. The summed E-state index contributed by atoms with van der Waals surface area (Å²) in [6, 6.07) is 33.0. The zero-order chi connectivity index (χ0) is 25.2. The van der Waals surface area contributed by atoms with Gasteiger partial charge in [-0.3, -0.25) is 4.57 Å². The van der Waals surface area contributed by atoms with Crippen molar-refractivity contribution in [3.63, 3.8) is 0 Å². The van der Waals surface area contributed by atoms with E-state index in [2.05, 4.69) is 118 Å². The molecule has 39 heavy (non-hydrogen) atoms. The van der Waals surface area contributed by atoms with Crippen molar-refractivity contribution in [1.82, 2.24) is 14.1 Å². The fourth-order valence-electron chi connectivity index (χ4n) is 7.31. The molecule has 0 fully saturated rings. The van der Waals surface area contributed by atoms with Crippen LogP contribution in [0.4, 0.5) is 0 Å². The Kier molecular flexibility index (Phi) is 3.67. The van der Waals surface area contributed by atoms with Gasteiger partial charge < -0.3 is 4.57 Å². The van der Waals surface area contributed by atoms with Crippen LogP contribution in [0.2, 0.25) is 0 Å². The smallest absolute Gasteiger partial charge is 0.195 e. The van der Waals surface area contributed by atoms with Gasteiger partial charge in [0.2, 0.25) is 0 Å². The van der Waals surface area contributed by atoms with Crippen molar-refractivity contribution in [2.24, 2.45) is 5.92 Å². The summed E-state index contributed by atoms with van der Waals surface area (Å²) in [5.41, 5.74) is 11.6. The Labute approximate surface area is 227 Å². The van der Waals surface area contributed by atoms with Crippen molar-refractivity contribution in [2.75, 3.05) is 0 Å². The van der Waals surface area contributed by atoms with Gasteiger partial charge in [-0.15, -0.1) is 0 Å². The van der Waals surface area contributed by atoms with Gasteiger partial charge in [0.15, 0.2) is 5.13 Å². The molecule has 10 rings (SSSR count). The van der Waals surface area contributed by atoms with Gasteiger partial charge in [0.1, 0.15) is 0 Å². The minimum atomic E-state index is 0.369. The van der Waals surface area contributed by atoms with Gasteiger partial charge >= 0.3 is 0 Å². The Balaban J connectivity index is 1.44. The number of para-hydroxylation sites is 2. The lowest BCUT2D eigenvalue weighted by Crippen LogP contribution is -2.36. The summed E-state index contributed by atoms with van der Waals surface area (Å²) in [5, 5.41) is 6.50. The maximum atomic E-state index is 5.12. The molecule has 1 unspecified atom stereocenters. The molecule has 4 heteroatoms. The monoisotopic (exact) mass is 515 g/mol. The topological polar surface area (TPSA) is 22.8 Å². The third-order valence-electron chi connectivity index (χ3n) is 8.80. The molecule has 182 valence electrons. The standard InChI is InChI=1S/C35H21N3S/c1-2-8-21(9-3-1)37-25-13-6-10-22-23-11-7-14-26-32(23)34-28(38(26)35-36-24-12-4-5-15-29(24)39-35)19-17-20-16-18-27(37)33(30(20)34)31(22)25/h1-15,17-20H,16H2. The molecule has 0 saturated carbocycles. The SMILES string of the molecule is C1=CC2CC=c3c4c5c(cccc5n3-c3ccccc3)-c3cccc5c3c(c1n5-c1nc3ccccc3s1)C=42. The third kappa shape index (κ3) is 2.42. The summed E-state index contributed by atoms with van der Waals surface area (Å²) in [4.78, 5) is 5.12. The average molecular weight is 516 g/mol. The van der Waals surface area contributed by atoms with Crippen molar-refractivity contribution in [3.05, 3.63) is 119 Å². The van der Waals surface area contributed by atoms with Crippen LogP contribution >= 0.6 is 11.3 Å². The highest BCUT2D eigenvalue weighted by molar-refractivity contribution is 7.20. The molecule has 0 radical (unpaired) electrons. The highest BCUT2D eigenvalue weighted by atomic mass is 32.1. The Morgan fingerprint density at radius 3 is 2.36 bits per heavy atom. The number of allylic oxidation sites excluding steroid dienone is 1. The summed E-state index contributed by atoms with van der Waals surface area (Å²) in [6.45, 7) is 0. The lowest BCUT2D eigenvalue weighted by atomic mass is 9.81. The normalized spacial score (nSPS) is 16.4. The lowest BCUT2D eigenvalue weighted by molar-refractivity contribution is 0.849. The van der Waals surface area contributed by atoms with E-state index >= 15 is 0 Å². The molecular formula is C35H21N3S. The van der Waals surface area contributed by atoms with E-state index in [4.69, 9.17) is 4.98 Å². The summed E-state index contributed by atoms with van der Waals surface area (Å²) in [7, 11) is 0. The number of hydrogen-bond acceptors (Lipinski definition) is 2. The number of rotatable bonds is 2. The first-order valence-electron chi connectivity index (χ1n) is 13.5. The number of hydrogen-bond donors (Lipinski definition) is 0. The van der Waals surface area contributed by atoms with Gasteiger partial charge in [0.05, 0.1) is 32.3 Å². The van der Waals surface area contributed by atoms with E-state index in [-0.39, 0.29) is 0 Å². The number of benzene rings is 4. The molecule has 7 aromatic rings. The van der Waals surface area contributed by atoms with Gasteiger partial charge in [0.25, 0.3) is 0 Å². The Morgan fingerprint density at radius 1 is 0.744 bits per heavy atom. The first kappa shape index (κ1) is 20.3. The molecule has 0 saturated heterocycles. The van der Waals surface area contributed by atoms with Crippen LogP contribution in [-0.2, 0) is 0 Å². The molecule has 0 spiro atoms. The van der Waals surface area contributed by atoms with Crippen molar-refractivity contribution in [3.8, 4) is 21.9 Å². The van der Waals surface area contributed by atoms with E-state index in [0.717, 1.165) is 17.1 Å². The average Bonchev–Trinajstić information content (AvgIpc) is 3.64. The Morgan fingerprint density at radius 2 is 1.51 bits per heavy atom. The summed E-state index contributed by atoms with van der Waals surface area (Å²) >= 11 is 1.77. The molecule has 4 aromatic carbocycles. The molecule has 3 aliphatic carbocycles. The number of fused-ring (bicyclic) bond motifs is 2. The van der Waals surface area contributed by atoms with E-state index in [1.54, 1.807) is 11.3 Å². The zero-order valence-corrected chi connectivity index (χ0v) is 21.7. The van der Waals surface area contributed by atoms with Crippen LogP contribution in [0.1, 0.15) is 17.7 Å². The molecule has 3 aliphatic rings. The molecule has 0 bridgehead atoms. The maximum Gasteiger partial charge on any atom is 0.195 e. The van der Waals surface area contributed by atoms with E-state index in [1.165, 1.54) is 70.7 Å². The molecule has 3 aromatic heterocycles. The summed E-state index contributed by atoms with van der Waals surface area (Å²) in [6.07, 6.45) is 8.26. The second kappa shape index (κ2) is 7.04. The van der Waals surface area contributed by atoms with Gasteiger partial charge in [0, 0.05) is 33.2 Å². The largest absolute Gasteiger partial charge is 0.310 e. The fraction of sp³-hybridized carbons (Fsp3) is 0.0571. The predicted molar refractivity (Wildman–Crippen MR) is 162 cm³/mol. The number of thiazole rings is 1. The first-order valence-corrected chi connectivity index (χ1v) is 14.3. The van der Waals surface area contributed by atoms with Gasteiger partial charge in [-0.05, 0) is 65.6 Å². The fourth-order valence-corrected chi connectivity index (χ4v) is 8.31. The van der Waals surface area contributed by atoms with Crippen molar-refractivity contribution in [2.45, 2.75) is 6.42 Å². The van der Waals surface area contributed by atoms with Crippen LogP contribution in [0.3, 0.4) is 0 Å². The molecule has 0 aliphatic heterocycles. The Bertz CT molecular complexity index is 2330. The molecular weight excluding hydrogens is 494 g/mol. The number of aromatic nitrogens is 3. The highest BCUT2D eigenvalue weighted by Gasteiger charge is 2.34. The van der Waals surface area contributed by atoms with E-state index in [1.807, 2.05) is 0 Å². The van der Waals surface area contributed by atoms with Crippen LogP contribution in [-0.4, -0.2) is 14.1 Å². The maximum absolute atomic E-state index is 5.12. The van der Waals surface area contributed by atoms with Crippen LogP contribution < -0.4 is 10.6 Å². The summed E-state index contributed by atoms with van der Waals surface area (Å²) < 4.78 is 6.11. The van der Waals surface area contributed by atoms with Crippen LogP contribution in [0.15, 0.2) is 97.1 Å². The summed E-state index contributed by atoms with van der Waals surface area (Å²) in [5.74, 6) is 0.369. The second-order valence-corrected chi connectivity index (χ2v) is 11.7. The minimum Gasteiger partial charge on any atom is -0.310 e. The molecule has 3 nitrogen and oxygen atoms in total. The van der Waals surface area contributed by atoms with Gasteiger partial charge in [-0.1, -0.05) is 78.1 Å². The predicted octanol–water partition coefficient (Wildman–Crippen LogP) is 7.19.